The number of hydrogen-bond acceptors (Lipinski definition) is 6. The lowest BCUT2D eigenvalue weighted by Crippen LogP contribution is -2.45. The zero-order chi connectivity index (χ0) is 20.2. The molecule has 0 saturated carbocycles. The minimum Gasteiger partial charge on any atom is -0.497 e. The Hall–Kier alpha value is -2.41. The van der Waals surface area contributed by atoms with Crippen LogP contribution >= 0.6 is 0 Å². The zero-order valence-electron chi connectivity index (χ0n) is 17.3. The lowest BCUT2D eigenvalue weighted by Gasteiger charge is -2.36. The number of amides is 1. The summed E-state index contributed by atoms with van der Waals surface area (Å²) in [6.45, 7) is 6.51. The van der Waals surface area contributed by atoms with Gasteiger partial charge in [0.15, 0.2) is 0 Å². The second-order valence-electron chi connectivity index (χ2n) is 8.32. The zero-order valence-corrected chi connectivity index (χ0v) is 17.3. The van der Waals surface area contributed by atoms with Crippen LogP contribution in [-0.2, 0) is 11.3 Å². The van der Waals surface area contributed by atoms with Crippen LogP contribution in [0.3, 0.4) is 0 Å². The highest BCUT2D eigenvalue weighted by Gasteiger charge is 2.30. The Morgan fingerprint density at radius 2 is 1.93 bits per heavy atom. The van der Waals surface area contributed by atoms with E-state index < -0.39 is 0 Å². The van der Waals surface area contributed by atoms with E-state index in [-0.39, 0.29) is 5.92 Å². The van der Waals surface area contributed by atoms with Gasteiger partial charge in [-0.05, 0) is 69.0 Å². The van der Waals surface area contributed by atoms with Crippen LogP contribution < -0.4 is 4.74 Å². The number of aromatic nitrogens is 2. The molecule has 1 aromatic heterocycles. The van der Waals surface area contributed by atoms with Crippen molar-refractivity contribution in [1.82, 2.24) is 19.9 Å². The Morgan fingerprint density at radius 1 is 1.17 bits per heavy atom. The van der Waals surface area contributed by atoms with Crippen LogP contribution in [0.5, 0.6) is 5.75 Å². The lowest BCUT2D eigenvalue weighted by atomic mass is 9.93. The minimum absolute atomic E-state index is 0.161. The third kappa shape index (κ3) is 4.78. The molecule has 2 fully saturated rings. The first kappa shape index (κ1) is 19.9. The molecule has 2 aliphatic rings. The van der Waals surface area contributed by atoms with Gasteiger partial charge in [-0.3, -0.25) is 9.69 Å². The van der Waals surface area contributed by atoms with Gasteiger partial charge in [0.05, 0.1) is 13.7 Å². The molecule has 1 aromatic carbocycles. The van der Waals surface area contributed by atoms with Crippen LogP contribution in [0.2, 0.25) is 0 Å². The summed E-state index contributed by atoms with van der Waals surface area (Å²) >= 11 is 0. The summed E-state index contributed by atoms with van der Waals surface area (Å²) in [5.41, 5.74) is 0.904. The van der Waals surface area contributed by atoms with Crippen LogP contribution in [0.1, 0.15) is 38.5 Å². The second-order valence-corrected chi connectivity index (χ2v) is 8.32. The number of carbonyl (C=O) groups is 1. The molecule has 0 N–H and O–H groups in total. The molecule has 156 valence electrons. The third-order valence-corrected chi connectivity index (χ3v) is 6.08. The summed E-state index contributed by atoms with van der Waals surface area (Å²) in [4.78, 5) is 21.7. The molecular weight excluding hydrogens is 368 g/mol. The highest BCUT2D eigenvalue weighted by atomic mass is 16.5. The molecule has 2 aromatic rings. The summed E-state index contributed by atoms with van der Waals surface area (Å²) in [5, 5.41) is 4.10. The Bertz CT molecular complexity index is 812. The molecule has 1 unspecified atom stereocenters. The van der Waals surface area contributed by atoms with Gasteiger partial charge in [-0.25, -0.2) is 0 Å². The van der Waals surface area contributed by atoms with E-state index in [0.717, 1.165) is 56.8 Å². The predicted molar refractivity (Wildman–Crippen MR) is 109 cm³/mol. The Kier molecular flexibility index (Phi) is 6.13. The standard InChI is InChI=1S/C22H30N4O3/c1-16-4-3-11-26(14-16)22(27)18-9-12-25(13-10-18)15-20-23-21(24-29-20)17-5-7-19(28-2)8-6-17/h5-8,16,18H,3-4,9-15H2,1-2H3. The number of rotatable bonds is 5. The molecule has 2 aliphatic heterocycles. The van der Waals surface area contributed by atoms with Gasteiger partial charge >= 0.3 is 0 Å². The van der Waals surface area contributed by atoms with Crippen molar-refractivity contribution >= 4 is 5.91 Å². The molecular formula is C22H30N4O3. The summed E-state index contributed by atoms with van der Waals surface area (Å²) in [6.07, 6.45) is 4.19. The van der Waals surface area contributed by atoms with Crippen LogP contribution in [0.4, 0.5) is 0 Å². The Morgan fingerprint density at radius 3 is 2.62 bits per heavy atom. The molecule has 0 radical (unpaired) electrons. The lowest BCUT2D eigenvalue weighted by molar-refractivity contribution is -0.138. The molecule has 4 rings (SSSR count). The van der Waals surface area contributed by atoms with Gasteiger partial charge in [0.25, 0.3) is 0 Å². The first-order valence-electron chi connectivity index (χ1n) is 10.6. The number of methoxy groups -OCH3 is 1. The fourth-order valence-corrected chi connectivity index (χ4v) is 4.35. The van der Waals surface area contributed by atoms with Crippen molar-refractivity contribution in [2.45, 2.75) is 39.2 Å². The first-order chi connectivity index (χ1) is 14.1. The number of hydrogen-bond donors (Lipinski definition) is 0. The summed E-state index contributed by atoms with van der Waals surface area (Å²) in [5.74, 6) is 3.15. The van der Waals surface area contributed by atoms with E-state index in [4.69, 9.17) is 9.26 Å². The SMILES string of the molecule is COc1ccc(-c2noc(CN3CCC(C(=O)N4CCCC(C)C4)CC3)n2)cc1. The molecule has 0 spiro atoms. The fraction of sp³-hybridized carbons (Fsp3) is 0.591. The van der Waals surface area contributed by atoms with Crippen LogP contribution in [0, 0.1) is 11.8 Å². The fourth-order valence-electron chi connectivity index (χ4n) is 4.35. The quantitative estimate of drug-likeness (QED) is 0.770. The molecule has 1 amide bonds. The number of piperidine rings is 2. The average molecular weight is 399 g/mol. The van der Waals surface area contributed by atoms with Crippen molar-refractivity contribution in [2.24, 2.45) is 11.8 Å². The van der Waals surface area contributed by atoms with Crippen molar-refractivity contribution < 1.29 is 14.1 Å². The van der Waals surface area contributed by atoms with E-state index in [9.17, 15) is 4.79 Å². The van der Waals surface area contributed by atoms with Crippen molar-refractivity contribution in [3.05, 3.63) is 30.2 Å². The Balaban J connectivity index is 1.28. The summed E-state index contributed by atoms with van der Waals surface area (Å²) < 4.78 is 10.6. The highest BCUT2D eigenvalue weighted by molar-refractivity contribution is 5.79. The Labute approximate surface area is 172 Å². The number of likely N-dealkylation sites (tertiary alicyclic amines) is 2. The van der Waals surface area contributed by atoms with Gasteiger partial charge in [0, 0.05) is 24.6 Å². The molecule has 0 bridgehead atoms. The van der Waals surface area contributed by atoms with Crippen LogP contribution in [0.25, 0.3) is 11.4 Å². The molecule has 29 heavy (non-hydrogen) atoms. The summed E-state index contributed by atoms with van der Waals surface area (Å²) in [7, 11) is 1.64. The number of carbonyl (C=O) groups excluding carboxylic acids is 1. The largest absolute Gasteiger partial charge is 0.497 e. The molecule has 7 nitrogen and oxygen atoms in total. The predicted octanol–water partition coefficient (Wildman–Crippen LogP) is 3.22. The van der Waals surface area contributed by atoms with E-state index >= 15 is 0 Å². The molecule has 3 heterocycles. The van der Waals surface area contributed by atoms with Crippen molar-refractivity contribution in [3.8, 4) is 17.1 Å². The van der Waals surface area contributed by atoms with Crippen molar-refractivity contribution in [2.75, 3.05) is 33.3 Å². The topological polar surface area (TPSA) is 71.7 Å². The molecule has 1 atom stereocenters. The van der Waals surface area contributed by atoms with Crippen molar-refractivity contribution in [3.63, 3.8) is 0 Å². The maximum Gasteiger partial charge on any atom is 0.241 e. The average Bonchev–Trinajstić information content (AvgIpc) is 3.22. The van der Waals surface area contributed by atoms with E-state index in [1.54, 1.807) is 7.11 Å². The van der Waals surface area contributed by atoms with Gasteiger partial charge in [0.1, 0.15) is 5.75 Å². The van der Waals surface area contributed by atoms with Gasteiger partial charge in [-0.1, -0.05) is 12.1 Å². The van der Waals surface area contributed by atoms with Crippen LogP contribution in [0.15, 0.2) is 28.8 Å². The second kappa shape index (κ2) is 8.95. The van der Waals surface area contributed by atoms with E-state index in [1.165, 1.54) is 6.42 Å². The molecule has 0 aliphatic carbocycles. The molecule has 7 heteroatoms. The maximum atomic E-state index is 12.8. The minimum atomic E-state index is 0.161. The monoisotopic (exact) mass is 398 g/mol. The van der Waals surface area contributed by atoms with Gasteiger partial charge in [-0.15, -0.1) is 0 Å². The number of ether oxygens (including phenoxy) is 1. The summed E-state index contributed by atoms with van der Waals surface area (Å²) in [6, 6.07) is 7.62. The molecule has 2 saturated heterocycles. The van der Waals surface area contributed by atoms with E-state index in [0.29, 0.717) is 30.1 Å². The number of benzene rings is 1. The van der Waals surface area contributed by atoms with Gasteiger partial charge in [-0.2, -0.15) is 4.98 Å². The van der Waals surface area contributed by atoms with E-state index in [1.807, 2.05) is 24.3 Å². The smallest absolute Gasteiger partial charge is 0.241 e. The van der Waals surface area contributed by atoms with Gasteiger partial charge < -0.3 is 14.2 Å². The first-order valence-corrected chi connectivity index (χ1v) is 10.6. The highest BCUT2D eigenvalue weighted by Crippen LogP contribution is 2.25. The number of nitrogens with zero attached hydrogens (tertiary/aromatic N) is 4. The van der Waals surface area contributed by atoms with Crippen molar-refractivity contribution in [1.29, 1.82) is 0 Å². The normalized spacial score (nSPS) is 21.3. The van der Waals surface area contributed by atoms with E-state index in [2.05, 4.69) is 26.9 Å². The van der Waals surface area contributed by atoms with Gasteiger partial charge in [0.2, 0.25) is 17.6 Å². The third-order valence-electron chi connectivity index (χ3n) is 6.08. The maximum absolute atomic E-state index is 12.8. The van der Waals surface area contributed by atoms with Crippen LogP contribution in [-0.4, -0.2) is 59.1 Å².